The number of anilines is 1. The Morgan fingerprint density at radius 2 is 1.81 bits per heavy atom. The summed E-state index contributed by atoms with van der Waals surface area (Å²) in [6.45, 7) is 8.78. The molecule has 1 fully saturated rings. The van der Waals surface area contributed by atoms with Crippen LogP contribution in [0.1, 0.15) is 26.0 Å². The van der Waals surface area contributed by atoms with Gasteiger partial charge in [-0.15, -0.1) is 0 Å². The number of nitrogens with zero attached hydrogens (tertiary/aromatic N) is 2. The Balaban J connectivity index is 1.78. The van der Waals surface area contributed by atoms with Crippen molar-refractivity contribution >= 4 is 11.6 Å². The second-order valence-corrected chi connectivity index (χ2v) is 7.77. The summed E-state index contributed by atoms with van der Waals surface area (Å²) in [5.41, 5.74) is 1.72. The number of carbonyl (C=O) groups is 1. The molecule has 0 aliphatic carbocycles. The van der Waals surface area contributed by atoms with Crippen molar-refractivity contribution in [3.05, 3.63) is 46.4 Å². The number of aromatic nitrogens is 2. The van der Waals surface area contributed by atoms with Crippen LogP contribution in [0, 0.1) is 18.8 Å². The minimum atomic E-state index is -0.195. The van der Waals surface area contributed by atoms with E-state index in [1.807, 2.05) is 44.3 Å². The fraction of sp³-hybridized carbons (Fsp3) is 0.500. The number of benzene rings is 1. The molecule has 6 nitrogen and oxygen atoms in total. The molecule has 1 aromatic carbocycles. The van der Waals surface area contributed by atoms with Crippen LogP contribution >= 0.6 is 0 Å². The highest BCUT2D eigenvalue weighted by Crippen LogP contribution is 2.14. The topological polar surface area (TPSA) is 60.5 Å². The summed E-state index contributed by atoms with van der Waals surface area (Å²) in [5.74, 6) is 1.18. The van der Waals surface area contributed by atoms with E-state index in [4.69, 9.17) is 0 Å². The van der Waals surface area contributed by atoms with E-state index < -0.39 is 0 Å². The number of likely N-dealkylation sites (tertiary alicyclic amines) is 1. The molecule has 1 aliphatic rings. The zero-order chi connectivity index (χ0) is 18.8. The molecule has 2 N–H and O–H groups in total. The molecule has 6 heteroatoms. The molecule has 3 atom stereocenters. The third-order valence-corrected chi connectivity index (χ3v) is 5.31. The van der Waals surface area contributed by atoms with Crippen molar-refractivity contribution in [2.24, 2.45) is 18.9 Å². The van der Waals surface area contributed by atoms with Gasteiger partial charge < -0.3 is 10.2 Å². The van der Waals surface area contributed by atoms with Crippen molar-refractivity contribution in [3.63, 3.8) is 0 Å². The molecular formula is C20H29N4O2+. The number of para-hydroxylation sites is 1. The van der Waals surface area contributed by atoms with Crippen LogP contribution in [-0.2, 0) is 11.8 Å². The van der Waals surface area contributed by atoms with Crippen molar-refractivity contribution in [2.75, 3.05) is 25.0 Å². The summed E-state index contributed by atoms with van der Waals surface area (Å²) in [7, 11) is 1.83. The zero-order valence-electron chi connectivity index (χ0n) is 16.1. The highest BCUT2D eigenvalue weighted by atomic mass is 16.2. The van der Waals surface area contributed by atoms with Gasteiger partial charge in [-0.2, -0.15) is 0 Å². The van der Waals surface area contributed by atoms with Gasteiger partial charge in [0, 0.05) is 18.9 Å². The Hall–Kier alpha value is -2.34. The van der Waals surface area contributed by atoms with Crippen LogP contribution in [0.25, 0.3) is 5.69 Å². The molecule has 1 aromatic heterocycles. The lowest BCUT2D eigenvalue weighted by Gasteiger charge is -2.31. The molecule has 2 aromatic rings. The SMILES string of the molecule is Cc1c(NC(=O)C[NH+]2C[C@H](C)C[C@H](C)C2)c(=O)n(-c2ccccc2)n1C. The van der Waals surface area contributed by atoms with Gasteiger partial charge in [0.05, 0.1) is 24.5 Å². The number of carbonyl (C=O) groups excluding carboxylic acids is 1. The number of quaternary nitrogens is 1. The largest absolute Gasteiger partial charge is 0.327 e. The first kappa shape index (κ1) is 18.5. The van der Waals surface area contributed by atoms with E-state index >= 15 is 0 Å². The second kappa shape index (κ2) is 7.50. The van der Waals surface area contributed by atoms with Gasteiger partial charge in [0.25, 0.3) is 11.5 Å². The lowest BCUT2D eigenvalue weighted by Crippen LogP contribution is -3.15. The minimum absolute atomic E-state index is 0.0905. The van der Waals surface area contributed by atoms with Gasteiger partial charge in [0.1, 0.15) is 5.69 Å². The minimum Gasteiger partial charge on any atom is -0.327 e. The number of rotatable bonds is 4. The third-order valence-electron chi connectivity index (χ3n) is 5.31. The van der Waals surface area contributed by atoms with Crippen LogP contribution in [0.2, 0.25) is 0 Å². The smallest absolute Gasteiger partial charge is 0.295 e. The summed E-state index contributed by atoms with van der Waals surface area (Å²) < 4.78 is 3.37. The molecule has 1 aliphatic heterocycles. The maximum Gasteiger partial charge on any atom is 0.295 e. The molecule has 1 unspecified atom stereocenters. The van der Waals surface area contributed by atoms with Crippen LogP contribution in [-0.4, -0.2) is 34.9 Å². The molecular weight excluding hydrogens is 328 g/mol. The first-order valence-electron chi connectivity index (χ1n) is 9.34. The molecule has 1 amide bonds. The van der Waals surface area contributed by atoms with Crippen molar-refractivity contribution in [3.8, 4) is 5.69 Å². The lowest BCUT2D eigenvalue weighted by molar-refractivity contribution is -0.904. The van der Waals surface area contributed by atoms with Crippen molar-refractivity contribution < 1.29 is 9.69 Å². The second-order valence-electron chi connectivity index (χ2n) is 7.77. The number of nitrogens with one attached hydrogen (secondary N) is 2. The van der Waals surface area contributed by atoms with E-state index in [0.717, 1.165) is 24.5 Å². The molecule has 0 radical (unpaired) electrons. The van der Waals surface area contributed by atoms with Gasteiger partial charge in [-0.25, -0.2) is 4.68 Å². The number of hydrogen-bond donors (Lipinski definition) is 2. The third kappa shape index (κ3) is 3.75. The molecule has 2 heterocycles. The van der Waals surface area contributed by atoms with Gasteiger partial charge in [-0.1, -0.05) is 32.0 Å². The van der Waals surface area contributed by atoms with Gasteiger partial charge in [-0.3, -0.25) is 14.3 Å². The normalized spacial score (nSPS) is 23.0. The van der Waals surface area contributed by atoms with Crippen molar-refractivity contribution in [1.29, 1.82) is 0 Å². The highest BCUT2D eigenvalue weighted by Gasteiger charge is 2.27. The first-order chi connectivity index (χ1) is 12.4. The van der Waals surface area contributed by atoms with Crippen LogP contribution < -0.4 is 15.8 Å². The Bertz CT molecular complexity index is 827. The fourth-order valence-corrected chi connectivity index (χ4v) is 4.19. The summed E-state index contributed by atoms with van der Waals surface area (Å²) in [4.78, 5) is 26.7. The van der Waals surface area contributed by atoms with E-state index in [1.165, 1.54) is 11.3 Å². The molecule has 140 valence electrons. The fourth-order valence-electron chi connectivity index (χ4n) is 4.19. The highest BCUT2D eigenvalue weighted by molar-refractivity contribution is 5.91. The molecule has 0 saturated carbocycles. The predicted octanol–water partition coefficient (Wildman–Crippen LogP) is 0.984. The Morgan fingerprint density at radius 3 is 2.42 bits per heavy atom. The van der Waals surface area contributed by atoms with Gasteiger partial charge >= 0.3 is 0 Å². The molecule has 0 spiro atoms. The van der Waals surface area contributed by atoms with E-state index in [-0.39, 0.29) is 11.5 Å². The molecule has 0 bridgehead atoms. The van der Waals surface area contributed by atoms with E-state index in [0.29, 0.717) is 24.1 Å². The average molecular weight is 357 g/mol. The summed E-state index contributed by atoms with van der Waals surface area (Å²) in [6.07, 6.45) is 1.23. The quantitative estimate of drug-likeness (QED) is 0.857. The summed E-state index contributed by atoms with van der Waals surface area (Å²) in [6, 6.07) is 9.46. The predicted molar refractivity (Wildman–Crippen MR) is 103 cm³/mol. The lowest BCUT2D eigenvalue weighted by atomic mass is 9.92. The number of piperidine rings is 1. The van der Waals surface area contributed by atoms with Gasteiger partial charge in [0.15, 0.2) is 6.54 Å². The maximum absolute atomic E-state index is 12.9. The summed E-state index contributed by atoms with van der Waals surface area (Å²) in [5, 5.41) is 2.87. The van der Waals surface area contributed by atoms with Crippen LogP contribution in [0.3, 0.4) is 0 Å². The van der Waals surface area contributed by atoms with Crippen LogP contribution in [0.5, 0.6) is 0 Å². The van der Waals surface area contributed by atoms with Gasteiger partial charge in [-0.05, 0) is 25.5 Å². The maximum atomic E-state index is 12.9. The van der Waals surface area contributed by atoms with E-state index in [1.54, 1.807) is 9.36 Å². The van der Waals surface area contributed by atoms with Gasteiger partial charge in [0.2, 0.25) is 0 Å². The summed E-state index contributed by atoms with van der Waals surface area (Å²) >= 11 is 0. The molecule has 1 saturated heterocycles. The first-order valence-corrected chi connectivity index (χ1v) is 9.34. The monoisotopic (exact) mass is 357 g/mol. The number of hydrogen-bond acceptors (Lipinski definition) is 2. The zero-order valence-corrected chi connectivity index (χ0v) is 16.1. The average Bonchev–Trinajstić information content (AvgIpc) is 2.78. The van der Waals surface area contributed by atoms with Crippen molar-refractivity contribution in [1.82, 2.24) is 9.36 Å². The molecule has 26 heavy (non-hydrogen) atoms. The Morgan fingerprint density at radius 1 is 1.19 bits per heavy atom. The Labute approximate surface area is 154 Å². The van der Waals surface area contributed by atoms with E-state index in [9.17, 15) is 9.59 Å². The Kier molecular flexibility index (Phi) is 5.32. The van der Waals surface area contributed by atoms with Crippen molar-refractivity contribution in [2.45, 2.75) is 27.2 Å². The standard InChI is InChI=1S/C20H28N4O2/c1-14-10-15(2)12-23(11-14)13-18(25)21-19-16(3)22(4)24(20(19)26)17-8-6-5-7-9-17/h5-9,14-15H,10-13H2,1-4H3,(H,21,25)/p+1/t14-,15+. The van der Waals surface area contributed by atoms with Crippen LogP contribution in [0.15, 0.2) is 35.1 Å². The number of amides is 1. The van der Waals surface area contributed by atoms with Crippen LogP contribution in [0.4, 0.5) is 5.69 Å². The van der Waals surface area contributed by atoms with E-state index in [2.05, 4.69) is 19.2 Å². The molecule has 3 rings (SSSR count).